The fourth-order valence-electron chi connectivity index (χ4n) is 5.02. The average molecular weight is 446 g/mol. The molecule has 0 saturated heterocycles. The molecule has 2 N–H and O–H groups in total. The van der Waals surface area contributed by atoms with Crippen LogP contribution in [0.5, 0.6) is 11.5 Å². The van der Waals surface area contributed by atoms with Gasteiger partial charge >= 0.3 is 0 Å². The van der Waals surface area contributed by atoms with Gasteiger partial charge in [0.1, 0.15) is 17.3 Å². The molecule has 0 amide bonds. The molecule has 7 heteroatoms. The van der Waals surface area contributed by atoms with Crippen molar-refractivity contribution in [3.8, 4) is 17.2 Å². The van der Waals surface area contributed by atoms with Gasteiger partial charge in [-0.05, 0) is 30.0 Å². The summed E-state index contributed by atoms with van der Waals surface area (Å²) in [6, 6.07) is 14.9. The van der Waals surface area contributed by atoms with Crippen molar-refractivity contribution in [2.45, 2.75) is 32.6 Å². The molecule has 2 aromatic carbocycles. The van der Waals surface area contributed by atoms with E-state index in [9.17, 15) is 9.59 Å². The van der Waals surface area contributed by atoms with Crippen LogP contribution in [0.15, 0.2) is 64.6 Å². The van der Waals surface area contributed by atoms with E-state index in [2.05, 4.69) is 24.3 Å². The van der Waals surface area contributed by atoms with Crippen molar-refractivity contribution >= 4 is 11.6 Å². The van der Waals surface area contributed by atoms with Crippen LogP contribution in [0.4, 0.5) is 5.82 Å². The predicted octanol–water partition coefficient (Wildman–Crippen LogP) is 4.38. The number of aromatic amines is 1. The fraction of sp³-hybridized carbons (Fsp3) is 0.308. The third kappa shape index (κ3) is 3.44. The SMILES string of the molecule is COc1ccc([C@@H]2C3=C(CC(C)(C)CC3=O)Nc3[nH]n(-c4ccccc4)c(=O)c32)c(OC)c1. The monoisotopic (exact) mass is 445 g/mol. The van der Waals surface area contributed by atoms with E-state index in [0.717, 1.165) is 16.9 Å². The van der Waals surface area contributed by atoms with Crippen LogP contribution in [0.25, 0.3) is 5.69 Å². The summed E-state index contributed by atoms with van der Waals surface area (Å²) in [5.74, 6) is 1.33. The van der Waals surface area contributed by atoms with Crippen LogP contribution in [-0.2, 0) is 4.79 Å². The molecule has 0 fully saturated rings. The lowest BCUT2D eigenvalue weighted by atomic mass is 9.69. The maximum absolute atomic E-state index is 13.7. The van der Waals surface area contributed by atoms with Crippen LogP contribution < -0.4 is 20.3 Å². The number of H-pyrrole nitrogens is 1. The molecule has 0 bridgehead atoms. The van der Waals surface area contributed by atoms with Gasteiger partial charge in [0, 0.05) is 29.3 Å². The van der Waals surface area contributed by atoms with E-state index in [1.807, 2.05) is 42.5 Å². The summed E-state index contributed by atoms with van der Waals surface area (Å²) in [5.41, 5.74) is 3.12. The normalized spacial score (nSPS) is 18.9. The van der Waals surface area contributed by atoms with Crippen molar-refractivity contribution in [2.75, 3.05) is 19.5 Å². The van der Waals surface area contributed by atoms with Crippen LogP contribution in [0.3, 0.4) is 0 Å². The summed E-state index contributed by atoms with van der Waals surface area (Å²) in [6.07, 6.45) is 1.14. The summed E-state index contributed by atoms with van der Waals surface area (Å²) in [5, 5.41) is 6.63. The number of nitrogens with zero attached hydrogens (tertiary/aromatic N) is 1. The van der Waals surface area contributed by atoms with Gasteiger partial charge in [-0.25, -0.2) is 4.68 Å². The molecule has 2 aliphatic rings. The lowest BCUT2D eigenvalue weighted by Gasteiger charge is -2.38. The molecule has 1 atom stereocenters. The Morgan fingerprint density at radius 2 is 1.76 bits per heavy atom. The summed E-state index contributed by atoms with van der Waals surface area (Å²) in [6.45, 7) is 4.18. The smallest absolute Gasteiger partial charge is 0.277 e. The van der Waals surface area contributed by atoms with Crippen molar-refractivity contribution in [3.63, 3.8) is 0 Å². The van der Waals surface area contributed by atoms with Gasteiger partial charge in [-0.15, -0.1) is 0 Å². The highest BCUT2D eigenvalue weighted by Gasteiger charge is 2.43. The van der Waals surface area contributed by atoms with E-state index in [0.29, 0.717) is 41.3 Å². The summed E-state index contributed by atoms with van der Waals surface area (Å²) < 4.78 is 12.6. The molecule has 5 rings (SSSR count). The third-order valence-electron chi connectivity index (χ3n) is 6.47. The van der Waals surface area contributed by atoms with Gasteiger partial charge in [-0.2, -0.15) is 0 Å². The van der Waals surface area contributed by atoms with Gasteiger partial charge in [0.2, 0.25) is 0 Å². The number of fused-ring (bicyclic) bond motifs is 1. The molecule has 1 aromatic heterocycles. The number of ketones is 1. The number of hydrogen-bond acceptors (Lipinski definition) is 5. The van der Waals surface area contributed by atoms with E-state index in [4.69, 9.17) is 9.47 Å². The second kappa shape index (κ2) is 7.69. The number of para-hydroxylation sites is 1. The van der Waals surface area contributed by atoms with Gasteiger partial charge in [0.15, 0.2) is 5.78 Å². The summed E-state index contributed by atoms with van der Waals surface area (Å²) >= 11 is 0. The Bertz CT molecular complexity index is 1330. The first-order chi connectivity index (χ1) is 15.8. The molecule has 0 unspecified atom stereocenters. The molecular weight excluding hydrogens is 418 g/mol. The van der Waals surface area contributed by atoms with Gasteiger partial charge in [0.25, 0.3) is 5.56 Å². The molecule has 0 radical (unpaired) electrons. The number of aromatic nitrogens is 2. The minimum absolute atomic E-state index is 0.0501. The van der Waals surface area contributed by atoms with Crippen molar-refractivity contribution in [3.05, 3.63) is 81.3 Å². The number of carbonyl (C=O) groups excluding carboxylic acids is 1. The molecule has 33 heavy (non-hydrogen) atoms. The highest BCUT2D eigenvalue weighted by molar-refractivity contribution is 6.01. The zero-order chi connectivity index (χ0) is 23.3. The number of Topliss-reactive ketones (excluding diaryl/α,β-unsaturated/α-hetero) is 1. The van der Waals surface area contributed by atoms with Gasteiger partial charge in [-0.3, -0.25) is 14.7 Å². The Morgan fingerprint density at radius 1 is 1.00 bits per heavy atom. The molecule has 170 valence electrons. The van der Waals surface area contributed by atoms with E-state index in [1.54, 1.807) is 20.3 Å². The topological polar surface area (TPSA) is 85.4 Å². The Balaban J connectivity index is 1.77. The first-order valence-corrected chi connectivity index (χ1v) is 11.0. The largest absolute Gasteiger partial charge is 0.497 e. The van der Waals surface area contributed by atoms with Crippen molar-refractivity contribution in [1.82, 2.24) is 9.78 Å². The number of anilines is 1. The van der Waals surface area contributed by atoms with Gasteiger partial charge in [0.05, 0.1) is 31.4 Å². The van der Waals surface area contributed by atoms with Gasteiger partial charge in [-0.1, -0.05) is 38.1 Å². The Morgan fingerprint density at radius 3 is 2.45 bits per heavy atom. The second-order valence-electron chi connectivity index (χ2n) is 9.38. The summed E-state index contributed by atoms with van der Waals surface area (Å²) in [7, 11) is 3.18. The maximum atomic E-state index is 13.7. The van der Waals surface area contributed by atoms with Crippen molar-refractivity contribution in [1.29, 1.82) is 0 Å². The van der Waals surface area contributed by atoms with Crippen molar-refractivity contribution < 1.29 is 14.3 Å². The number of rotatable bonds is 4. The second-order valence-corrected chi connectivity index (χ2v) is 9.38. The highest BCUT2D eigenvalue weighted by Crippen LogP contribution is 2.49. The zero-order valence-corrected chi connectivity index (χ0v) is 19.2. The lowest BCUT2D eigenvalue weighted by Crippen LogP contribution is -2.35. The molecule has 0 saturated carbocycles. The van der Waals surface area contributed by atoms with Crippen LogP contribution >= 0.6 is 0 Å². The Kier molecular flexibility index (Phi) is 4.92. The molecular formula is C26H27N3O4. The molecule has 1 aliphatic carbocycles. The number of carbonyl (C=O) groups is 1. The number of ether oxygens (including phenoxy) is 2. The molecule has 3 aromatic rings. The minimum atomic E-state index is -0.547. The first kappa shape index (κ1) is 21.1. The van der Waals surface area contributed by atoms with E-state index >= 15 is 0 Å². The number of allylic oxidation sites excluding steroid dienone is 2. The van der Waals surface area contributed by atoms with E-state index in [-0.39, 0.29) is 16.8 Å². The van der Waals surface area contributed by atoms with E-state index < -0.39 is 5.92 Å². The van der Waals surface area contributed by atoms with Gasteiger partial charge < -0.3 is 14.8 Å². The van der Waals surface area contributed by atoms with Crippen LogP contribution in [-0.4, -0.2) is 29.8 Å². The number of hydrogen-bond donors (Lipinski definition) is 2. The Hall–Kier alpha value is -3.74. The zero-order valence-electron chi connectivity index (χ0n) is 19.2. The first-order valence-electron chi connectivity index (χ1n) is 11.0. The molecule has 0 spiro atoms. The molecule has 7 nitrogen and oxygen atoms in total. The number of methoxy groups -OCH3 is 2. The van der Waals surface area contributed by atoms with Crippen LogP contribution in [0.1, 0.15) is 43.7 Å². The number of benzene rings is 2. The quantitative estimate of drug-likeness (QED) is 0.622. The average Bonchev–Trinajstić information content (AvgIpc) is 3.13. The molecule has 2 heterocycles. The molecule has 1 aliphatic heterocycles. The minimum Gasteiger partial charge on any atom is -0.497 e. The highest BCUT2D eigenvalue weighted by atomic mass is 16.5. The lowest BCUT2D eigenvalue weighted by molar-refractivity contribution is -0.118. The van der Waals surface area contributed by atoms with Crippen LogP contribution in [0.2, 0.25) is 0 Å². The van der Waals surface area contributed by atoms with E-state index in [1.165, 1.54) is 4.68 Å². The fourth-order valence-corrected chi connectivity index (χ4v) is 5.02. The third-order valence-corrected chi connectivity index (χ3v) is 6.47. The maximum Gasteiger partial charge on any atom is 0.277 e. The summed E-state index contributed by atoms with van der Waals surface area (Å²) in [4.78, 5) is 27.2. The predicted molar refractivity (Wildman–Crippen MR) is 126 cm³/mol. The standard InChI is InChI=1S/C26H27N3O4/c1-26(2)13-18-22(19(30)14-26)21(17-11-10-16(32-3)12-20(17)33-4)23-24(27-18)28-29(25(23)31)15-8-6-5-7-9-15/h5-12,21,27-28H,13-14H2,1-4H3/t21-/m1/s1. The van der Waals surface area contributed by atoms with Crippen molar-refractivity contribution in [2.24, 2.45) is 5.41 Å². The van der Waals surface area contributed by atoms with Crippen LogP contribution in [0, 0.1) is 5.41 Å². The Labute approximate surface area is 192 Å². The number of nitrogens with one attached hydrogen (secondary N) is 2.